The summed E-state index contributed by atoms with van der Waals surface area (Å²) >= 11 is 0. The van der Waals surface area contributed by atoms with Crippen molar-refractivity contribution in [2.45, 2.75) is 0 Å². The Labute approximate surface area is 88.3 Å². The summed E-state index contributed by atoms with van der Waals surface area (Å²) in [5.41, 5.74) is 2.37. The molecular formula is C11H12N2O2. The number of carbonyl (C=O) groups excluding carboxylic acids is 1. The molecule has 0 bridgehead atoms. The first-order valence-electron chi connectivity index (χ1n) is 4.50. The van der Waals surface area contributed by atoms with Gasteiger partial charge in [-0.05, 0) is 18.2 Å². The Morgan fingerprint density at radius 1 is 1.13 bits per heavy atom. The van der Waals surface area contributed by atoms with Gasteiger partial charge in [0.25, 0.3) is 0 Å². The van der Waals surface area contributed by atoms with Crippen LogP contribution >= 0.6 is 0 Å². The van der Waals surface area contributed by atoms with Gasteiger partial charge in [-0.1, -0.05) is 30.4 Å². The zero-order valence-corrected chi connectivity index (χ0v) is 8.17. The third kappa shape index (κ3) is 6.17. The molecule has 0 spiro atoms. The molecule has 0 atom stereocenters. The lowest BCUT2D eigenvalue weighted by Crippen LogP contribution is -2.06. The third-order valence-electron chi connectivity index (χ3n) is 1.45. The van der Waals surface area contributed by atoms with Crippen LogP contribution in [0.1, 0.15) is 0 Å². The Kier molecular flexibility index (Phi) is 5.54. The van der Waals surface area contributed by atoms with Gasteiger partial charge >= 0.3 is 0 Å². The highest BCUT2D eigenvalue weighted by Gasteiger charge is 1.84. The molecule has 1 aliphatic rings. The number of nitrogens with zero attached hydrogens (tertiary/aromatic N) is 1. The predicted molar refractivity (Wildman–Crippen MR) is 59.1 cm³/mol. The van der Waals surface area contributed by atoms with Crippen molar-refractivity contribution in [2.24, 2.45) is 5.10 Å². The van der Waals surface area contributed by atoms with Crippen molar-refractivity contribution in [1.82, 2.24) is 5.59 Å². The minimum atomic E-state index is -0.0898. The molecule has 0 unspecified atom stereocenters. The van der Waals surface area contributed by atoms with E-state index in [1.54, 1.807) is 12.2 Å². The van der Waals surface area contributed by atoms with Gasteiger partial charge in [0, 0.05) is 6.21 Å². The van der Waals surface area contributed by atoms with Crippen LogP contribution in [0.3, 0.4) is 0 Å². The Balaban J connectivity index is 2.61. The van der Waals surface area contributed by atoms with E-state index in [1.165, 1.54) is 24.4 Å². The van der Waals surface area contributed by atoms with E-state index < -0.39 is 0 Å². The fourth-order valence-electron chi connectivity index (χ4n) is 0.802. The third-order valence-corrected chi connectivity index (χ3v) is 1.45. The van der Waals surface area contributed by atoms with Gasteiger partial charge < -0.3 is 0 Å². The normalized spacial score (nSPS) is 26.0. The fourth-order valence-corrected chi connectivity index (χ4v) is 0.802. The topological polar surface area (TPSA) is 50.7 Å². The maximum atomic E-state index is 11.1. The Morgan fingerprint density at radius 3 is 2.87 bits per heavy atom. The van der Waals surface area contributed by atoms with E-state index in [0.29, 0.717) is 6.61 Å². The summed E-state index contributed by atoms with van der Waals surface area (Å²) in [5, 5.41) is 3.68. The average Bonchev–Trinajstić information content (AvgIpc) is 2.24. The molecule has 0 saturated carbocycles. The molecule has 15 heavy (non-hydrogen) atoms. The van der Waals surface area contributed by atoms with Gasteiger partial charge in [0.1, 0.15) is 0 Å². The number of ketones is 1. The lowest BCUT2D eigenvalue weighted by atomic mass is 10.3. The molecule has 78 valence electrons. The molecule has 1 N–H and O–H groups in total. The van der Waals surface area contributed by atoms with Crippen molar-refractivity contribution < 1.29 is 9.63 Å². The Morgan fingerprint density at radius 2 is 1.93 bits per heavy atom. The zero-order chi connectivity index (χ0) is 10.8. The maximum Gasteiger partial charge on any atom is 0.178 e. The van der Waals surface area contributed by atoms with Crippen LogP contribution in [0.4, 0.5) is 0 Å². The molecule has 1 rings (SSSR count). The summed E-state index contributed by atoms with van der Waals surface area (Å²) < 4.78 is 0. The number of hydrogen-bond acceptors (Lipinski definition) is 4. The molecular weight excluding hydrogens is 192 g/mol. The molecule has 0 aromatic carbocycles. The molecule has 0 aromatic heterocycles. The maximum absolute atomic E-state index is 11.1. The number of hydrogen-bond donors (Lipinski definition) is 1. The number of carbonyl (C=O) groups is 1. The first kappa shape index (κ1) is 11.1. The largest absolute Gasteiger partial charge is 0.290 e. The molecule has 4 heteroatoms. The van der Waals surface area contributed by atoms with E-state index in [4.69, 9.17) is 4.84 Å². The summed E-state index contributed by atoms with van der Waals surface area (Å²) in [6.07, 6.45) is 14.8. The lowest BCUT2D eigenvalue weighted by molar-refractivity contribution is -0.110. The van der Waals surface area contributed by atoms with Crippen LogP contribution in [0, 0.1) is 0 Å². The summed E-state index contributed by atoms with van der Waals surface area (Å²) in [6.45, 7) is 0.425. The van der Waals surface area contributed by atoms with Crippen molar-refractivity contribution in [3.05, 3.63) is 48.6 Å². The molecule has 0 aliphatic carbocycles. The summed E-state index contributed by atoms with van der Waals surface area (Å²) in [5.74, 6) is -0.0898. The summed E-state index contributed by atoms with van der Waals surface area (Å²) in [6, 6.07) is 0. The first-order valence-corrected chi connectivity index (χ1v) is 4.50. The van der Waals surface area contributed by atoms with Gasteiger partial charge in [0.2, 0.25) is 0 Å². The van der Waals surface area contributed by atoms with Crippen molar-refractivity contribution >= 4 is 12.0 Å². The number of allylic oxidation sites excluding steroid dienone is 7. The van der Waals surface area contributed by atoms with E-state index in [1.807, 2.05) is 18.2 Å². The number of nitrogens with one attached hydrogen (secondary N) is 1. The second-order valence-corrected chi connectivity index (χ2v) is 2.61. The van der Waals surface area contributed by atoms with Crippen LogP contribution in [0.5, 0.6) is 0 Å². The molecule has 4 nitrogen and oxygen atoms in total. The van der Waals surface area contributed by atoms with Crippen molar-refractivity contribution in [2.75, 3.05) is 6.61 Å². The van der Waals surface area contributed by atoms with E-state index in [2.05, 4.69) is 10.7 Å². The van der Waals surface area contributed by atoms with Crippen LogP contribution in [-0.4, -0.2) is 18.6 Å². The molecule has 1 heterocycles. The average molecular weight is 204 g/mol. The van der Waals surface area contributed by atoms with Crippen LogP contribution in [-0.2, 0) is 9.63 Å². The molecule has 0 saturated heterocycles. The number of rotatable bonds is 0. The predicted octanol–water partition coefficient (Wildman–Crippen LogP) is 1.30. The zero-order valence-electron chi connectivity index (χ0n) is 8.17. The second-order valence-electron chi connectivity index (χ2n) is 2.61. The SMILES string of the molecule is O=C1C=C/C=N\NOC/C=C/C=C\C=C\1. The highest BCUT2D eigenvalue weighted by atomic mass is 16.7. The minimum absolute atomic E-state index is 0.0898. The monoisotopic (exact) mass is 204 g/mol. The highest BCUT2D eigenvalue weighted by Crippen LogP contribution is 1.85. The highest BCUT2D eigenvalue weighted by molar-refractivity contribution is 6.01. The molecule has 0 aromatic rings. The van der Waals surface area contributed by atoms with E-state index in [0.717, 1.165) is 0 Å². The molecule has 0 radical (unpaired) electrons. The van der Waals surface area contributed by atoms with Gasteiger partial charge in [-0.25, -0.2) is 0 Å². The van der Waals surface area contributed by atoms with Gasteiger partial charge in [-0.3, -0.25) is 9.63 Å². The van der Waals surface area contributed by atoms with Crippen molar-refractivity contribution in [1.29, 1.82) is 0 Å². The van der Waals surface area contributed by atoms with Gasteiger partial charge in [-0.2, -0.15) is 10.7 Å². The van der Waals surface area contributed by atoms with E-state index in [9.17, 15) is 4.79 Å². The first-order chi connectivity index (χ1) is 7.39. The van der Waals surface area contributed by atoms with Crippen LogP contribution in [0.25, 0.3) is 0 Å². The van der Waals surface area contributed by atoms with Crippen LogP contribution in [0.2, 0.25) is 0 Å². The van der Waals surface area contributed by atoms with Gasteiger partial charge in [0.05, 0.1) is 6.61 Å². The second kappa shape index (κ2) is 7.46. The van der Waals surface area contributed by atoms with Crippen LogP contribution < -0.4 is 5.59 Å². The minimum Gasteiger partial charge on any atom is -0.290 e. The fraction of sp³-hybridized carbons (Fsp3) is 0.0909. The lowest BCUT2D eigenvalue weighted by Gasteiger charge is -1.95. The number of hydrazone groups is 1. The van der Waals surface area contributed by atoms with Crippen LogP contribution in [0.15, 0.2) is 53.7 Å². The van der Waals surface area contributed by atoms with Gasteiger partial charge in [-0.15, -0.1) is 0 Å². The van der Waals surface area contributed by atoms with Crippen molar-refractivity contribution in [3.63, 3.8) is 0 Å². The van der Waals surface area contributed by atoms with E-state index >= 15 is 0 Å². The molecule has 0 amide bonds. The quantitative estimate of drug-likeness (QED) is 0.647. The van der Waals surface area contributed by atoms with E-state index in [-0.39, 0.29) is 5.78 Å². The molecule has 1 aliphatic heterocycles. The Bertz CT molecular complexity index is 338. The smallest absolute Gasteiger partial charge is 0.178 e. The molecule has 0 fully saturated rings. The summed E-state index contributed by atoms with van der Waals surface area (Å²) in [7, 11) is 0. The standard InChI is InChI=1S/C11H12N2O2/c14-11-7-4-2-1-3-5-10-15-13-12-9-6-8-11/h1-9,13H,10H2/b2-1-,5-3+,7-4+,8-6?,12-9-. The Hall–Kier alpha value is -1.94. The summed E-state index contributed by atoms with van der Waals surface area (Å²) in [4.78, 5) is 16.0. The van der Waals surface area contributed by atoms with Gasteiger partial charge in [0.15, 0.2) is 5.78 Å². The van der Waals surface area contributed by atoms with Crippen molar-refractivity contribution in [3.8, 4) is 0 Å².